The lowest BCUT2D eigenvalue weighted by Gasteiger charge is -2.24. The third-order valence-corrected chi connectivity index (χ3v) is 7.35. The second-order valence-corrected chi connectivity index (χ2v) is 9.85. The number of benzene rings is 1. The molecule has 11 heteroatoms. The van der Waals surface area contributed by atoms with Gasteiger partial charge >= 0.3 is 5.97 Å². The van der Waals surface area contributed by atoms with E-state index in [0.717, 1.165) is 5.56 Å². The van der Waals surface area contributed by atoms with Crippen LogP contribution in [0.1, 0.15) is 31.2 Å². The van der Waals surface area contributed by atoms with Crippen LogP contribution < -0.4 is 19.6 Å². The van der Waals surface area contributed by atoms with Crippen LogP contribution in [0.4, 0.5) is 0 Å². The Hall–Kier alpha value is -3.96. The highest BCUT2D eigenvalue weighted by molar-refractivity contribution is 7.99. The maximum absolute atomic E-state index is 13.7. The Morgan fingerprint density at radius 2 is 1.95 bits per heavy atom. The summed E-state index contributed by atoms with van der Waals surface area (Å²) >= 11 is 2.52. The van der Waals surface area contributed by atoms with Crippen LogP contribution in [0, 0.1) is 0 Å². The van der Waals surface area contributed by atoms with Crippen molar-refractivity contribution < 1.29 is 18.7 Å². The van der Waals surface area contributed by atoms with E-state index in [1.54, 1.807) is 69.8 Å². The molecule has 0 fully saturated rings. The molecule has 9 nitrogen and oxygen atoms in total. The van der Waals surface area contributed by atoms with Gasteiger partial charge in [0.05, 0.1) is 35.6 Å². The summed E-state index contributed by atoms with van der Waals surface area (Å²) in [6.45, 7) is 3.70. The third kappa shape index (κ3) is 5.00. The zero-order valence-corrected chi connectivity index (χ0v) is 21.8. The number of allylic oxidation sites excluding steroid dienone is 1. The largest absolute Gasteiger partial charge is 0.497 e. The molecular formula is C26H22N4O5S2. The van der Waals surface area contributed by atoms with Crippen LogP contribution in [0.25, 0.3) is 6.08 Å². The van der Waals surface area contributed by atoms with E-state index in [-0.39, 0.29) is 12.2 Å². The van der Waals surface area contributed by atoms with E-state index in [0.29, 0.717) is 42.4 Å². The molecule has 37 heavy (non-hydrogen) atoms. The number of fused-ring (bicyclic) bond motifs is 1. The summed E-state index contributed by atoms with van der Waals surface area (Å²) in [7, 11) is 1.58. The number of aromatic nitrogens is 3. The molecule has 4 aromatic rings. The number of thiazole rings is 1. The van der Waals surface area contributed by atoms with Gasteiger partial charge in [0.25, 0.3) is 5.56 Å². The van der Waals surface area contributed by atoms with Gasteiger partial charge in [0.1, 0.15) is 11.5 Å². The van der Waals surface area contributed by atoms with Crippen molar-refractivity contribution in [3.63, 3.8) is 0 Å². The molecule has 0 saturated carbocycles. The first kappa shape index (κ1) is 24.7. The molecule has 1 atom stereocenters. The molecule has 0 radical (unpaired) electrons. The quantitative estimate of drug-likeness (QED) is 0.262. The zero-order chi connectivity index (χ0) is 25.9. The number of carbonyl (C=O) groups is 1. The number of esters is 1. The Morgan fingerprint density at radius 3 is 2.65 bits per heavy atom. The first-order valence-electron chi connectivity index (χ1n) is 11.4. The van der Waals surface area contributed by atoms with Crippen molar-refractivity contribution in [2.24, 2.45) is 4.99 Å². The Bertz CT molecular complexity index is 1650. The van der Waals surface area contributed by atoms with Gasteiger partial charge < -0.3 is 13.9 Å². The minimum absolute atomic E-state index is 0.211. The predicted molar refractivity (Wildman–Crippen MR) is 138 cm³/mol. The van der Waals surface area contributed by atoms with Crippen molar-refractivity contribution in [1.82, 2.24) is 14.5 Å². The fourth-order valence-electron chi connectivity index (χ4n) is 3.92. The number of ether oxygens (including phenoxy) is 2. The SMILES string of the molecule is CCOC(=O)C1=C(C)N=c2s/c(=C/c3ccc(Sc4ncccn4)o3)c(=O)n2[C@@H]1c1ccc(OC)cc1. The van der Waals surface area contributed by atoms with Gasteiger partial charge in [0.2, 0.25) is 0 Å². The molecule has 3 aromatic heterocycles. The summed E-state index contributed by atoms with van der Waals surface area (Å²) in [6, 6.07) is 11.9. The van der Waals surface area contributed by atoms with E-state index in [4.69, 9.17) is 13.9 Å². The molecule has 0 aliphatic carbocycles. The summed E-state index contributed by atoms with van der Waals surface area (Å²) in [4.78, 5) is 40.1. The Morgan fingerprint density at radius 1 is 1.19 bits per heavy atom. The second kappa shape index (κ2) is 10.6. The fraction of sp³-hybridized carbons (Fsp3) is 0.192. The van der Waals surface area contributed by atoms with Gasteiger partial charge in [0, 0.05) is 18.5 Å². The van der Waals surface area contributed by atoms with E-state index in [9.17, 15) is 9.59 Å². The van der Waals surface area contributed by atoms with Gasteiger partial charge in [-0.1, -0.05) is 23.5 Å². The molecule has 4 heterocycles. The minimum Gasteiger partial charge on any atom is -0.497 e. The van der Waals surface area contributed by atoms with Gasteiger partial charge in [-0.15, -0.1) is 0 Å². The van der Waals surface area contributed by atoms with E-state index in [1.807, 2.05) is 12.1 Å². The zero-order valence-electron chi connectivity index (χ0n) is 20.2. The smallest absolute Gasteiger partial charge is 0.338 e. The summed E-state index contributed by atoms with van der Waals surface area (Å²) in [5.41, 5.74) is 1.29. The van der Waals surface area contributed by atoms with E-state index < -0.39 is 12.0 Å². The summed E-state index contributed by atoms with van der Waals surface area (Å²) in [5.74, 6) is 0.669. The van der Waals surface area contributed by atoms with E-state index >= 15 is 0 Å². The molecule has 1 aliphatic rings. The minimum atomic E-state index is -0.693. The van der Waals surface area contributed by atoms with Crippen molar-refractivity contribution in [3.05, 3.63) is 97.1 Å². The van der Waals surface area contributed by atoms with Gasteiger partial charge in [-0.25, -0.2) is 19.8 Å². The third-order valence-electron chi connectivity index (χ3n) is 5.56. The highest BCUT2D eigenvalue weighted by Gasteiger charge is 2.33. The average molecular weight is 535 g/mol. The van der Waals surface area contributed by atoms with Crippen molar-refractivity contribution in [1.29, 1.82) is 0 Å². The van der Waals surface area contributed by atoms with Crippen LogP contribution in [0.3, 0.4) is 0 Å². The maximum atomic E-state index is 13.7. The number of furan rings is 1. The monoisotopic (exact) mass is 534 g/mol. The van der Waals surface area contributed by atoms with Crippen molar-refractivity contribution in [3.8, 4) is 5.75 Å². The molecule has 0 saturated heterocycles. The highest BCUT2D eigenvalue weighted by atomic mass is 32.2. The number of nitrogens with zero attached hydrogens (tertiary/aromatic N) is 4. The molecule has 0 bridgehead atoms. The summed E-state index contributed by atoms with van der Waals surface area (Å²) in [6.07, 6.45) is 4.99. The summed E-state index contributed by atoms with van der Waals surface area (Å²) < 4.78 is 18.5. The number of rotatable bonds is 7. The fourth-order valence-corrected chi connectivity index (χ4v) is 5.62. The normalized spacial score (nSPS) is 15.3. The van der Waals surface area contributed by atoms with Gasteiger partial charge in [-0.3, -0.25) is 9.36 Å². The van der Waals surface area contributed by atoms with Gasteiger partial charge in [-0.05, 0) is 61.5 Å². The Balaban J connectivity index is 1.58. The second-order valence-electron chi connectivity index (χ2n) is 7.87. The standard InChI is InChI=1S/C26H22N4O5S2/c1-4-34-24(32)21-15(2)29-26-30(22(21)16-6-8-17(33-3)9-7-16)23(31)19(36-26)14-18-10-11-20(35-18)37-25-27-12-5-13-28-25/h5-14,22H,4H2,1-3H3/b19-14+/t22-/m1/s1. The first-order valence-corrected chi connectivity index (χ1v) is 13.0. The molecule has 1 aromatic carbocycles. The number of hydrogen-bond acceptors (Lipinski definition) is 10. The lowest BCUT2D eigenvalue weighted by Crippen LogP contribution is -2.39. The van der Waals surface area contributed by atoms with Crippen LogP contribution in [0.15, 0.2) is 90.6 Å². The lowest BCUT2D eigenvalue weighted by molar-refractivity contribution is -0.139. The molecule has 5 rings (SSSR count). The number of methoxy groups -OCH3 is 1. The van der Waals surface area contributed by atoms with Crippen molar-refractivity contribution >= 4 is 35.1 Å². The van der Waals surface area contributed by atoms with Crippen LogP contribution >= 0.6 is 23.1 Å². The molecule has 188 valence electrons. The number of hydrogen-bond donors (Lipinski definition) is 0. The molecule has 0 N–H and O–H groups in total. The average Bonchev–Trinajstić information content (AvgIpc) is 3.47. The predicted octanol–water partition coefficient (Wildman–Crippen LogP) is 3.34. The van der Waals surface area contributed by atoms with Crippen LogP contribution in [0.2, 0.25) is 0 Å². The lowest BCUT2D eigenvalue weighted by atomic mass is 9.96. The van der Waals surface area contributed by atoms with Crippen molar-refractivity contribution in [2.45, 2.75) is 30.1 Å². The van der Waals surface area contributed by atoms with Crippen molar-refractivity contribution in [2.75, 3.05) is 13.7 Å². The number of carbonyl (C=O) groups excluding carboxylic acids is 1. The first-order chi connectivity index (χ1) is 18.0. The molecule has 0 amide bonds. The Labute approximate surface area is 219 Å². The molecule has 0 spiro atoms. The molecule has 0 unspecified atom stereocenters. The highest BCUT2D eigenvalue weighted by Crippen LogP contribution is 2.31. The van der Waals surface area contributed by atoms with Crippen LogP contribution in [-0.4, -0.2) is 34.2 Å². The topological polar surface area (TPSA) is 109 Å². The van der Waals surface area contributed by atoms with Gasteiger partial charge in [-0.2, -0.15) is 0 Å². The summed E-state index contributed by atoms with van der Waals surface area (Å²) in [5, 5.41) is 1.16. The van der Waals surface area contributed by atoms with Crippen LogP contribution in [0.5, 0.6) is 5.75 Å². The van der Waals surface area contributed by atoms with E-state index in [1.165, 1.54) is 27.7 Å². The van der Waals surface area contributed by atoms with Gasteiger partial charge in [0.15, 0.2) is 15.1 Å². The molecule has 1 aliphatic heterocycles. The van der Waals surface area contributed by atoms with E-state index in [2.05, 4.69) is 15.0 Å². The Kier molecular flexibility index (Phi) is 7.06. The van der Waals surface area contributed by atoms with Crippen LogP contribution in [-0.2, 0) is 9.53 Å². The maximum Gasteiger partial charge on any atom is 0.338 e. The molecular weight excluding hydrogens is 512 g/mol.